The zero-order chi connectivity index (χ0) is 48.5. The Morgan fingerprint density at radius 1 is 0.466 bits per heavy atom. The maximum atomic E-state index is 2.65. The van der Waals surface area contributed by atoms with E-state index < -0.39 is 5.41 Å². The molecule has 0 saturated heterocycles. The molecule has 0 radical (unpaired) electrons. The van der Waals surface area contributed by atoms with Crippen LogP contribution in [-0.4, -0.2) is 4.57 Å². The highest BCUT2D eigenvalue weighted by molar-refractivity contribution is 6.09. The highest BCUT2D eigenvalue weighted by atomic mass is 15.1. The molecule has 348 valence electrons. The number of hydrogen-bond acceptors (Lipinski definition) is 1. The van der Waals surface area contributed by atoms with Crippen molar-refractivity contribution in [2.24, 2.45) is 11.8 Å². The van der Waals surface area contributed by atoms with Gasteiger partial charge in [-0.3, -0.25) is 0 Å². The molecule has 5 aliphatic rings. The Balaban J connectivity index is 0.966. The van der Waals surface area contributed by atoms with E-state index in [2.05, 4.69) is 278 Å². The molecule has 0 amide bonds. The lowest BCUT2D eigenvalue weighted by Crippen LogP contribution is -2.49. The molecule has 5 aliphatic carbocycles. The first kappa shape index (κ1) is 42.2. The molecular weight excluding hydrogens is 881 g/mol. The summed E-state index contributed by atoms with van der Waals surface area (Å²) in [7, 11) is 0. The molecule has 1 aromatic heterocycles. The van der Waals surface area contributed by atoms with Gasteiger partial charge in [-0.2, -0.15) is 0 Å². The van der Waals surface area contributed by atoms with Crippen LogP contribution in [0.2, 0.25) is 0 Å². The first-order chi connectivity index (χ1) is 36.0. The SMILES string of the molecule is CC1(C)c2ccccc2-c2ccc(N(C3=CC(C4(c5ccccc5)c5ccccc5C5(c6ccccc6)c6c(cccc64)C4=CC=CCC45)CC=C3)c3ccc(-n4c5ccccc5c5ccccc54)cc3)cc21. The highest BCUT2D eigenvalue weighted by Gasteiger charge is 2.61. The second-order valence-electron chi connectivity index (χ2n) is 21.4. The number of anilines is 2. The Morgan fingerprint density at radius 3 is 1.77 bits per heavy atom. The summed E-state index contributed by atoms with van der Waals surface area (Å²) in [5, 5.41) is 2.53. The summed E-state index contributed by atoms with van der Waals surface area (Å²) < 4.78 is 2.42. The van der Waals surface area contributed by atoms with E-state index in [9.17, 15) is 0 Å². The minimum absolute atomic E-state index is 0.0561. The van der Waals surface area contributed by atoms with Gasteiger partial charge in [-0.25, -0.2) is 0 Å². The summed E-state index contributed by atoms with van der Waals surface area (Å²) in [6.45, 7) is 4.78. The van der Waals surface area contributed by atoms with E-state index in [4.69, 9.17) is 0 Å². The topological polar surface area (TPSA) is 8.17 Å². The molecule has 1 heterocycles. The Bertz CT molecular complexity index is 3960. The predicted molar refractivity (Wildman–Crippen MR) is 303 cm³/mol. The van der Waals surface area contributed by atoms with Crippen molar-refractivity contribution in [3.63, 3.8) is 0 Å². The molecule has 4 unspecified atom stereocenters. The van der Waals surface area contributed by atoms with Crippen molar-refractivity contribution >= 4 is 38.8 Å². The minimum Gasteiger partial charge on any atom is -0.311 e. The van der Waals surface area contributed by atoms with Crippen molar-refractivity contribution in [3.05, 3.63) is 311 Å². The van der Waals surface area contributed by atoms with Crippen molar-refractivity contribution in [2.45, 2.75) is 42.9 Å². The van der Waals surface area contributed by atoms with Gasteiger partial charge in [-0.05, 0) is 134 Å². The summed E-state index contributed by atoms with van der Waals surface area (Å²) in [6.07, 6.45) is 16.5. The summed E-state index contributed by atoms with van der Waals surface area (Å²) in [5.41, 5.74) is 22.7. The summed E-state index contributed by atoms with van der Waals surface area (Å²) in [6, 6.07) is 83.0. The van der Waals surface area contributed by atoms with Crippen LogP contribution in [0.1, 0.15) is 76.8 Å². The molecule has 0 saturated carbocycles. The maximum Gasteiger partial charge on any atom is 0.0541 e. The van der Waals surface area contributed by atoms with Crippen LogP contribution >= 0.6 is 0 Å². The van der Waals surface area contributed by atoms with Gasteiger partial charge < -0.3 is 9.47 Å². The fourth-order valence-corrected chi connectivity index (χ4v) is 14.8. The number of benzene rings is 9. The van der Waals surface area contributed by atoms with Crippen LogP contribution in [0.25, 0.3) is 44.2 Å². The summed E-state index contributed by atoms with van der Waals surface area (Å²) in [5.74, 6) is 0.333. The van der Waals surface area contributed by atoms with E-state index in [-0.39, 0.29) is 22.7 Å². The Morgan fingerprint density at radius 2 is 1.04 bits per heavy atom. The van der Waals surface area contributed by atoms with Crippen LogP contribution < -0.4 is 4.90 Å². The van der Waals surface area contributed by atoms with Crippen molar-refractivity contribution in [3.8, 4) is 16.8 Å². The molecule has 10 aromatic rings. The first-order valence-electron chi connectivity index (χ1n) is 26.2. The second-order valence-corrected chi connectivity index (χ2v) is 21.4. The molecular formula is C71H54N2. The Kier molecular flexibility index (Phi) is 9.12. The third-order valence-electron chi connectivity index (χ3n) is 17.7. The molecule has 15 rings (SSSR count). The van der Waals surface area contributed by atoms with Gasteiger partial charge in [-0.15, -0.1) is 0 Å². The number of hydrogen-bond donors (Lipinski definition) is 0. The third-order valence-corrected chi connectivity index (χ3v) is 17.7. The third kappa shape index (κ3) is 5.70. The lowest BCUT2D eigenvalue weighted by atomic mass is 9.48. The van der Waals surface area contributed by atoms with Gasteiger partial charge in [0, 0.05) is 50.8 Å². The molecule has 0 fully saturated rings. The van der Waals surface area contributed by atoms with Crippen molar-refractivity contribution < 1.29 is 0 Å². The Hall–Kier alpha value is -8.46. The zero-order valence-electron chi connectivity index (χ0n) is 41.2. The van der Waals surface area contributed by atoms with E-state index in [1.165, 1.54) is 94.3 Å². The number of aromatic nitrogens is 1. The largest absolute Gasteiger partial charge is 0.311 e. The van der Waals surface area contributed by atoms with Gasteiger partial charge in [0.05, 0.1) is 21.9 Å². The Labute approximate surface area is 428 Å². The van der Waals surface area contributed by atoms with Gasteiger partial charge in [0.1, 0.15) is 0 Å². The molecule has 4 atom stereocenters. The number of allylic oxidation sites excluding steroid dienone is 7. The van der Waals surface area contributed by atoms with Gasteiger partial charge in [-0.1, -0.05) is 214 Å². The fraction of sp³-hybridized carbons (Fsp3) is 0.127. The van der Waals surface area contributed by atoms with E-state index in [0.29, 0.717) is 0 Å². The van der Waals surface area contributed by atoms with Gasteiger partial charge in [0.25, 0.3) is 0 Å². The standard InChI is InChI=1S/C71H54N2/c1-69(2)60-32-13-9-27-54(60)56-44-43-53(46-65(56)69)72(50-39-41-51(42-40-50)73-66-37-17-11-29-57(66)58-30-12-18-38-67(58)73)52-26-19-25-49(45-52)70(47-21-5-3-6-22-47)62-34-15-16-35-63(62)71(48-23-7-4-8-24-48)61-33-14-10-28-55(61)59-31-20-36-64(70)68(59)71/h3-24,26-32,34-46,49,61H,25,33H2,1-2H3. The highest BCUT2D eigenvalue weighted by Crippen LogP contribution is 2.68. The van der Waals surface area contributed by atoms with E-state index in [0.717, 1.165) is 29.9 Å². The van der Waals surface area contributed by atoms with Crippen LogP contribution in [0.15, 0.2) is 261 Å². The predicted octanol–water partition coefficient (Wildman–Crippen LogP) is 17.3. The van der Waals surface area contributed by atoms with Crippen LogP contribution in [0.4, 0.5) is 11.4 Å². The molecule has 0 spiro atoms. The average Bonchev–Trinajstić information content (AvgIpc) is 4.05. The number of rotatable bonds is 7. The van der Waals surface area contributed by atoms with Crippen LogP contribution in [0, 0.1) is 11.8 Å². The van der Waals surface area contributed by atoms with E-state index >= 15 is 0 Å². The average molecular weight is 935 g/mol. The second kappa shape index (κ2) is 15.8. The van der Waals surface area contributed by atoms with Crippen molar-refractivity contribution in [2.75, 3.05) is 4.90 Å². The van der Waals surface area contributed by atoms with Crippen LogP contribution in [0.5, 0.6) is 0 Å². The number of para-hydroxylation sites is 2. The number of fused-ring (bicyclic) bond motifs is 11. The molecule has 0 aliphatic heterocycles. The fourth-order valence-electron chi connectivity index (χ4n) is 14.8. The van der Waals surface area contributed by atoms with Gasteiger partial charge in [0.15, 0.2) is 0 Å². The van der Waals surface area contributed by atoms with Crippen LogP contribution in [-0.2, 0) is 16.2 Å². The lowest BCUT2D eigenvalue weighted by molar-refractivity contribution is 0.387. The monoisotopic (exact) mass is 934 g/mol. The van der Waals surface area contributed by atoms with E-state index in [1.54, 1.807) is 0 Å². The minimum atomic E-state index is -0.521. The molecule has 9 aromatic carbocycles. The van der Waals surface area contributed by atoms with Gasteiger partial charge >= 0.3 is 0 Å². The molecule has 0 bridgehead atoms. The lowest BCUT2D eigenvalue weighted by Gasteiger charge is -2.53. The number of nitrogens with zero attached hydrogens (tertiary/aromatic N) is 2. The smallest absolute Gasteiger partial charge is 0.0541 e. The van der Waals surface area contributed by atoms with Crippen molar-refractivity contribution in [1.82, 2.24) is 4.57 Å². The quantitative estimate of drug-likeness (QED) is 0.155. The molecule has 0 N–H and O–H groups in total. The van der Waals surface area contributed by atoms with Crippen LogP contribution in [0.3, 0.4) is 0 Å². The van der Waals surface area contributed by atoms with Gasteiger partial charge in [0.2, 0.25) is 0 Å². The molecule has 2 nitrogen and oxygen atoms in total. The molecule has 2 heteroatoms. The van der Waals surface area contributed by atoms with Crippen molar-refractivity contribution in [1.29, 1.82) is 0 Å². The first-order valence-corrected chi connectivity index (χ1v) is 26.2. The summed E-state index contributed by atoms with van der Waals surface area (Å²) in [4.78, 5) is 2.54. The van der Waals surface area contributed by atoms with E-state index in [1.807, 2.05) is 0 Å². The molecule has 73 heavy (non-hydrogen) atoms. The zero-order valence-corrected chi connectivity index (χ0v) is 41.2. The summed E-state index contributed by atoms with van der Waals surface area (Å²) >= 11 is 0. The maximum absolute atomic E-state index is 2.65. The normalized spacial score (nSPS) is 21.5.